The third kappa shape index (κ3) is 73.4. The van der Waals surface area contributed by atoms with Crippen molar-refractivity contribution in [3.8, 4) is 0 Å². The maximum Gasteiger partial charge on any atom is 0.472 e. The molecule has 0 aliphatic rings. The number of hydrogen-bond acceptors (Lipinski definition) is 15. The third-order valence-electron chi connectivity index (χ3n) is 19.9. The van der Waals surface area contributed by atoms with Crippen molar-refractivity contribution in [1.82, 2.24) is 0 Å². The van der Waals surface area contributed by atoms with E-state index in [-0.39, 0.29) is 25.7 Å². The van der Waals surface area contributed by atoms with E-state index < -0.39 is 97.5 Å². The summed E-state index contributed by atoms with van der Waals surface area (Å²) in [5.41, 5.74) is 0. The Balaban J connectivity index is 5.12. The minimum Gasteiger partial charge on any atom is -0.462 e. The van der Waals surface area contributed by atoms with Gasteiger partial charge in [-0.1, -0.05) is 382 Å². The van der Waals surface area contributed by atoms with E-state index in [2.05, 4.69) is 41.5 Å². The second kappa shape index (κ2) is 73.6. The lowest BCUT2D eigenvalue weighted by Gasteiger charge is -2.21. The predicted octanol–water partition coefficient (Wildman–Crippen LogP) is 24.7. The molecule has 19 heteroatoms. The molecule has 7 atom stereocenters. The standard InChI is InChI=1S/C82H160O17P2/c1-7-11-13-15-16-17-18-19-20-21-22-23-24-25-33-38-43-48-54-61-67-82(87)99-78(71-93-80(85)65-59-53-47-42-37-32-28-26-30-35-40-45-51-56-62-74(5)9-3)73-97-101(90,91)95-69-76(83)68-94-100(88,89)96-72-77(70-92-79(84)64-58-50-14-12-8-2)98-81(86)66-60-55-49-44-39-34-29-27-31-36-41-46-52-57-63-75(6)10-4/h74-78,83H,7-73H2,1-6H3,(H,88,89)(H,90,91)/t74?,75?,76-,77+,78+/m0/s1. The van der Waals surface area contributed by atoms with Gasteiger partial charge in [-0.2, -0.15) is 0 Å². The normalized spacial score (nSPS) is 14.4. The van der Waals surface area contributed by atoms with Crippen molar-refractivity contribution in [2.45, 2.75) is 452 Å². The van der Waals surface area contributed by atoms with Gasteiger partial charge in [0.05, 0.1) is 26.4 Å². The second-order valence-electron chi connectivity index (χ2n) is 30.0. The number of rotatable bonds is 81. The van der Waals surface area contributed by atoms with E-state index >= 15 is 0 Å². The molecule has 0 rings (SSSR count). The fraction of sp³-hybridized carbons (Fsp3) is 0.951. The Bertz CT molecular complexity index is 1950. The van der Waals surface area contributed by atoms with Gasteiger partial charge >= 0.3 is 39.5 Å². The molecule has 0 saturated heterocycles. The van der Waals surface area contributed by atoms with E-state index in [9.17, 15) is 43.2 Å². The first-order valence-electron chi connectivity index (χ1n) is 42.6. The Hall–Kier alpha value is -1.94. The lowest BCUT2D eigenvalue weighted by Crippen LogP contribution is -2.30. The predicted molar refractivity (Wildman–Crippen MR) is 414 cm³/mol. The zero-order valence-corrected chi connectivity index (χ0v) is 68.0. The second-order valence-corrected chi connectivity index (χ2v) is 32.9. The highest BCUT2D eigenvalue weighted by Crippen LogP contribution is 2.45. The van der Waals surface area contributed by atoms with E-state index in [1.807, 2.05) is 0 Å². The van der Waals surface area contributed by atoms with Crippen LogP contribution in [0.4, 0.5) is 0 Å². The van der Waals surface area contributed by atoms with Crippen LogP contribution < -0.4 is 0 Å². The van der Waals surface area contributed by atoms with Gasteiger partial charge in [-0.05, 0) is 37.5 Å². The molecule has 0 spiro atoms. The number of carbonyl (C=O) groups is 4. The molecule has 600 valence electrons. The summed E-state index contributed by atoms with van der Waals surface area (Å²) in [6.45, 7) is 9.66. The summed E-state index contributed by atoms with van der Waals surface area (Å²) < 4.78 is 68.5. The van der Waals surface area contributed by atoms with Crippen LogP contribution in [0.5, 0.6) is 0 Å². The molecule has 0 amide bonds. The number of carbonyl (C=O) groups excluding carboxylic acids is 4. The number of ether oxygens (including phenoxy) is 4. The molecule has 0 bridgehead atoms. The summed E-state index contributed by atoms with van der Waals surface area (Å²) in [7, 11) is -9.91. The lowest BCUT2D eigenvalue weighted by molar-refractivity contribution is -0.161. The molecule has 0 aliphatic heterocycles. The molecule has 4 unspecified atom stereocenters. The first kappa shape index (κ1) is 99.1. The molecule has 0 fully saturated rings. The van der Waals surface area contributed by atoms with Gasteiger partial charge in [-0.3, -0.25) is 37.3 Å². The maximum absolute atomic E-state index is 13.1. The van der Waals surface area contributed by atoms with Gasteiger partial charge in [0.1, 0.15) is 19.3 Å². The fourth-order valence-corrected chi connectivity index (χ4v) is 14.2. The highest BCUT2D eigenvalue weighted by Gasteiger charge is 2.30. The van der Waals surface area contributed by atoms with Gasteiger partial charge in [-0.15, -0.1) is 0 Å². The average Bonchev–Trinajstić information content (AvgIpc) is 1.11. The van der Waals surface area contributed by atoms with Crippen LogP contribution in [0.15, 0.2) is 0 Å². The fourth-order valence-electron chi connectivity index (χ4n) is 12.6. The largest absolute Gasteiger partial charge is 0.472 e. The van der Waals surface area contributed by atoms with Crippen LogP contribution in [0.1, 0.15) is 433 Å². The van der Waals surface area contributed by atoms with Gasteiger partial charge < -0.3 is 33.8 Å². The molecular weight excluding hydrogens is 1320 g/mol. The van der Waals surface area contributed by atoms with Crippen LogP contribution >= 0.6 is 15.6 Å². The van der Waals surface area contributed by atoms with Gasteiger partial charge in [-0.25, -0.2) is 9.13 Å². The number of hydrogen-bond donors (Lipinski definition) is 3. The maximum atomic E-state index is 13.1. The van der Waals surface area contributed by atoms with Crippen molar-refractivity contribution in [3.63, 3.8) is 0 Å². The number of phosphoric ester groups is 2. The van der Waals surface area contributed by atoms with Gasteiger partial charge in [0.15, 0.2) is 12.2 Å². The van der Waals surface area contributed by atoms with E-state index in [0.717, 1.165) is 108 Å². The molecule has 0 aromatic rings. The SMILES string of the molecule is CCCCCCCCCCCCCCCCCCCCCCC(=O)O[C@H](COC(=O)CCCCCCCCCCCCCCCCC(C)CC)COP(=O)(O)OC[C@@H](O)COP(=O)(O)OC[C@@H](COC(=O)CCCCCCC)OC(=O)CCCCCCCCCCCCCCCCC(C)CC. The quantitative estimate of drug-likeness (QED) is 0.0222. The van der Waals surface area contributed by atoms with Crippen molar-refractivity contribution >= 4 is 39.5 Å². The van der Waals surface area contributed by atoms with Crippen molar-refractivity contribution in [2.24, 2.45) is 11.8 Å². The molecule has 0 saturated carbocycles. The zero-order valence-electron chi connectivity index (χ0n) is 66.2. The Morgan fingerprint density at radius 2 is 0.475 bits per heavy atom. The van der Waals surface area contributed by atoms with Crippen molar-refractivity contribution in [3.05, 3.63) is 0 Å². The molecule has 0 aromatic heterocycles. The van der Waals surface area contributed by atoms with Crippen LogP contribution in [-0.4, -0.2) is 96.7 Å². The van der Waals surface area contributed by atoms with Gasteiger partial charge in [0, 0.05) is 25.7 Å². The van der Waals surface area contributed by atoms with Crippen molar-refractivity contribution in [2.75, 3.05) is 39.6 Å². The molecule has 0 aliphatic carbocycles. The van der Waals surface area contributed by atoms with Crippen LogP contribution in [0, 0.1) is 11.8 Å². The molecule has 0 radical (unpaired) electrons. The minimum absolute atomic E-state index is 0.107. The Morgan fingerprint density at radius 1 is 0.277 bits per heavy atom. The first-order valence-corrected chi connectivity index (χ1v) is 45.6. The highest BCUT2D eigenvalue weighted by molar-refractivity contribution is 7.47. The van der Waals surface area contributed by atoms with Crippen LogP contribution in [0.3, 0.4) is 0 Å². The third-order valence-corrected chi connectivity index (χ3v) is 21.8. The number of aliphatic hydroxyl groups excluding tert-OH is 1. The lowest BCUT2D eigenvalue weighted by atomic mass is 9.99. The first-order chi connectivity index (χ1) is 48.9. The van der Waals surface area contributed by atoms with E-state index in [1.165, 1.54) is 244 Å². The summed E-state index contributed by atoms with van der Waals surface area (Å²) in [4.78, 5) is 72.8. The van der Waals surface area contributed by atoms with E-state index in [1.54, 1.807) is 0 Å². The van der Waals surface area contributed by atoms with Crippen LogP contribution in [-0.2, 0) is 65.4 Å². The van der Waals surface area contributed by atoms with Gasteiger partial charge in [0.25, 0.3) is 0 Å². The topological polar surface area (TPSA) is 237 Å². The average molecular weight is 1480 g/mol. The van der Waals surface area contributed by atoms with Crippen molar-refractivity contribution < 1.29 is 80.2 Å². The van der Waals surface area contributed by atoms with E-state index in [0.29, 0.717) is 25.7 Å². The molecule has 101 heavy (non-hydrogen) atoms. The monoisotopic (exact) mass is 1480 g/mol. The Labute approximate surface area is 619 Å². The Morgan fingerprint density at radius 3 is 0.703 bits per heavy atom. The molecule has 0 heterocycles. The summed E-state index contributed by atoms with van der Waals surface area (Å²) in [6, 6.07) is 0. The highest BCUT2D eigenvalue weighted by atomic mass is 31.2. The number of phosphoric acid groups is 2. The molecule has 3 N–H and O–H groups in total. The summed E-state index contributed by atoms with van der Waals surface area (Å²) >= 11 is 0. The Kier molecular flexibility index (Phi) is 72.2. The molecular formula is C82H160O17P2. The zero-order chi connectivity index (χ0) is 74.2. The van der Waals surface area contributed by atoms with Crippen molar-refractivity contribution in [1.29, 1.82) is 0 Å². The summed E-state index contributed by atoms with van der Waals surface area (Å²) in [6.07, 6.45) is 64.2. The van der Waals surface area contributed by atoms with E-state index in [4.69, 9.17) is 37.0 Å². The number of aliphatic hydroxyl groups is 1. The number of unbranched alkanes of at least 4 members (excludes halogenated alkanes) is 49. The van der Waals surface area contributed by atoms with Gasteiger partial charge in [0.2, 0.25) is 0 Å². The van der Waals surface area contributed by atoms with Crippen LogP contribution in [0.25, 0.3) is 0 Å². The number of esters is 4. The minimum atomic E-state index is -4.96. The summed E-state index contributed by atoms with van der Waals surface area (Å²) in [5, 5.41) is 10.6. The smallest absolute Gasteiger partial charge is 0.462 e. The molecule has 0 aromatic carbocycles. The summed E-state index contributed by atoms with van der Waals surface area (Å²) in [5.74, 6) is -0.423. The molecule has 17 nitrogen and oxygen atoms in total. The van der Waals surface area contributed by atoms with Crippen LogP contribution in [0.2, 0.25) is 0 Å².